The van der Waals surface area contributed by atoms with Gasteiger partial charge in [-0.2, -0.15) is 13.2 Å². The predicted molar refractivity (Wildman–Crippen MR) is 108 cm³/mol. The molecule has 0 radical (unpaired) electrons. The molecule has 0 unspecified atom stereocenters. The molecule has 0 aliphatic heterocycles. The van der Waals surface area contributed by atoms with Gasteiger partial charge >= 0.3 is 6.18 Å². The van der Waals surface area contributed by atoms with Crippen molar-refractivity contribution < 1.29 is 18.0 Å². The Morgan fingerprint density at radius 2 is 1.86 bits per heavy atom. The Morgan fingerprint density at radius 3 is 2.45 bits per heavy atom. The minimum absolute atomic E-state index is 0.139. The molecule has 0 aliphatic carbocycles. The summed E-state index contributed by atoms with van der Waals surface area (Å²) in [6, 6.07) is 7.03. The van der Waals surface area contributed by atoms with Crippen molar-refractivity contribution in [3.8, 4) is 11.3 Å². The second-order valence-corrected chi connectivity index (χ2v) is 7.98. The summed E-state index contributed by atoms with van der Waals surface area (Å²) in [5, 5.41) is 5.83. The van der Waals surface area contributed by atoms with Gasteiger partial charge in [0.05, 0.1) is 16.3 Å². The van der Waals surface area contributed by atoms with Gasteiger partial charge in [-0.3, -0.25) is 4.79 Å². The van der Waals surface area contributed by atoms with Gasteiger partial charge in [0, 0.05) is 28.9 Å². The van der Waals surface area contributed by atoms with Crippen molar-refractivity contribution in [2.75, 3.05) is 6.54 Å². The van der Waals surface area contributed by atoms with Gasteiger partial charge in [0.1, 0.15) is 6.54 Å². The largest absolute Gasteiger partial charge is 0.416 e. The molecular formula is C21H22F3N3OS. The zero-order chi connectivity index (χ0) is 21.2. The fourth-order valence-electron chi connectivity index (χ4n) is 3.20. The van der Waals surface area contributed by atoms with E-state index in [1.807, 2.05) is 36.8 Å². The standard InChI is InChI=1S/C21H22F3N3OS/c1-13-10-18(19-12-29-15(3)26-19)14(2)27(13)11-20(28)25-9-8-16-4-6-17(7-5-16)21(22,23)24/h4-7,10,12H,8-9,11H2,1-3H3,(H,25,28). The number of halogens is 3. The normalized spacial score (nSPS) is 11.7. The van der Waals surface area contributed by atoms with Crippen molar-refractivity contribution in [2.24, 2.45) is 0 Å². The second-order valence-electron chi connectivity index (χ2n) is 6.92. The third-order valence-corrected chi connectivity index (χ3v) is 5.56. The average Bonchev–Trinajstić information content (AvgIpc) is 3.19. The number of thiazole rings is 1. The molecule has 2 aromatic heterocycles. The number of alkyl halides is 3. The van der Waals surface area contributed by atoms with Gasteiger partial charge in [-0.25, -0.2) is 4.98 Å². The second kappa shape index (κ2) is 8.41. The molecule has 0 saturated carbocycles. The fraction of sp³-hybridized carbons (Fsp3) is 0.333. The van der Waals surface area contributed by atoms with Crippen LogP contribution in [-0.4, -0.2) is 22.0 Å². The highest BCUT2D eigenvalue weighted by molar-refractivity contribution is 7.09. The first-order valence-electron chi connectivity index (χ1n) is 9.17. The quantitative estimate of drug-likeness (QED) is 0.615. The van der Waals surface area contributed by atoms with Crippen LogP contribution in [0.4, 0.5) is 13.2 Å². The Balaban J connectivity index is 1.57. The maximum atomic E-state index is 12.6. The van der Waals surface area contributed by atoms with Gasteiger partial charge in [0.2, 0.25) is 5.91 Å². The van der Waals surface area contributed by atoms with E-state index in [0.717, 1.165) is 45.3 Å². The molecule has 1 N–H and O–H groups in total. The SMILES string of the molecule is Cc1nc(-c2cc(C)n(CC(=O)NCCc3ccc(C(F)(F)F)cc3)c2C)cs1. The van der Waals surface area contributed by atoms with Crippen molar-refractivity contribution in [1.29, 1.82) is 0 Å². The van der Waals surface area contributed by atoms with E-state index in [0.29, 0.717) is 13.0 Å². The van der Waals surface area contributed by atoms with Crippen LogP contribution < -0.4 is 5.32 Å². The Kier molecular flexibility index (Phi) is 6.12. The summed E-state index contributed by atoms with van der Waals surface area (Å²) in [7, 11) is 0. The molecule has 29 heavy (non-hydrogen) atoms. The van der Waals surface area contributed by atoms with Crippen LogP contribution in [-0.2, 0) is 23.9 Å². The zero-order valence-electron chi connectivity index (χ0n) is 16.4. The molecule has 0 fully saturated rings. The summed E-state index contributed by atoms with van der Waals surface area (Å²) >= 11 is 1.59. The van der Waals surface area contributed by atoms with Crippen LogP contribution in [0, 0.1) is 20.8 Å². The topological polar surface area (TPSA) is 46.9 Å². The van der Waals surface area contributed by atoms with E-state index in [4.69, 9.17) is 0 Å². The predicted octanol–water partition coefficient (Wildman–Crippen LogP) is 4.91. The van der Waals surface area contributed by atoms with E-state index in [-0.39, 0.29) is 12.5 Å². The summed E-state index contributed by atoms with van der Waals surface area (Å²) in [4.78, 5) is 16.9. The van der Waals surface area contributed by atoms with Crippen LogP contribution in [0.1, 0.15) is 27.5 Å². The van der Waals surface area contributed by atoms with Crippen molar-refractivity contribution in [3.05, 3.63) is 63.2 Å². The average molecular weight is 421 g/mol. The van der Waals surface area contributed by atoms with Gasteiger partial charge in [-0.15, -0.1) is 11.3 Å². The Bertz CT molecular complexity index is 1000. The van der Waals surface area contributed by atoms with Gasteiger partial charge < -0.3 is 9.88 Å². The first kappa shape index (κ1) is 21.1. The van der Waals surface area contributed by atoms with Crippen LogP contribution in [0.15, 0.2) is 35.7 Å². The van der Waals surface area contributed by atoms with Gasteiger partial charge in [0.15, 0.2) is 0 Å². The van der Waals surface area contributed by atoms with Gasteiger partial charge in [-0.05, 0) is 51.0 Å². The summed E-state index contributed by atoms with van der Waals surface area (Å²) in [6.45, 7) is 6.42. The van der Waals surface area contributed by atoms with Crippen molar-refractivity contribution in [2.45, 2.75) is 39.9 Å². The zero-order valence-corrected chi connectivity index (χ0v) is 17.2. The molecule has 3 rings (SSSR count). The molecule has 2 heterocycles. The smallest absolute Gasteiger partial charge is 0.354 e. The van der Waals surface area contributed by atoms with E-state index in [9.17, 15) is 18.0 Å². The van der Waals surface area contributed by atoms with Crippen LogP contribution in [0.2, 0.25) is 0 Å². The number of aromatic nitrogens is 2. The van der Waals surface area contributed by atoms with E-state index in [1.165, 1.54) is 12.1 Å². The highest BCUT2D eigenvalue weighted by Gasteiger charge is 2.29. The molecule has 0 bridgehead atoms. The first-order valence-corrected chi connectivity index (χ1v) is 10.0. The van der Waals surface area contributed by atoms with E-state index >= 15 is 0 Å². The molecule has 0 saturated heterocycles. The maximum absolute atomic E-state index is 12.6. The minimum atomic E-state index is -4.34. The van der Waals surface area contributed by atoms with Gasteiger partial charge in [-0.1, -0.05) is 12.1 Å². The van der Waals surface area contributed by atoms with Crippen LogP contribution in [0.3, 0.4) is 0 Å². The number of carbonyl (C=O) groups excluding carboxylic acids is 1. The lowest BCUT2D eigenvalue weighted by atomic mass is 10.1. The number of hydrogen-bond acceptors (Lipinski definition) is 3. The van der Waals surface area contributed by atoms with Crippen LogP contribution in [0.5, 0.6) is 0 Å². The number of nitrogens with zero attached hydrogens (tertiary/aromatic N) is 2. The Morgan fingerprint density at radius 1 is 1.17 bits per heavy atom. The third-order valence-electron chi connectivity index (χ3n) is 4.79. The molecule has 0 atom stereocenters. The van der Waals surface area contributed by atoms with Gasteiger partial charge in [0.25, 0.3) is 0 Å². The maximum Gasteiger partial charge on any atom is 0.416 e. The molecule has 154 valence electrons. The number of nitrogens with one attached hydrogen (secondary N) is 1. The molecule has 0 spiro atoms. The minimum Gasteiger partial charge on any atom is -0.354 e. The molecule has 0 aliphatic rings. The Hall–Kier alpha value is -2.61. The molecule has 1 amide bonds. The number of carbonyl (C=O) groups is 1. The number of benzene rings is 1. The van der Waals surface area contributed by atoms with Crippen molar-refractivity contribution in [1.82, 2.24) is 14.9 Å². The summed E-state index contributed by atoms with van der Waals surface area (Å²) < 4.78 is 39.7. The van der Waals surface area contributed by atoms with Crippen molar-refractivity contribution in [3.63, 3.8) is 0 Å². The fourth-order valence-corrected chi connectivity index (χ4v) is 3.81. The monoisotopic (exact) mass is 421 g/mol. The third kappa shape index (κ3) is 5.06. The number of rotatable bonds is 6. The molecule has 4 nitrogen and oxygen atoms in total. The van der Waals surface area contributed by atoms with E-state index < -0.39 is 11.7 Å². The Labute approximate surface area is 171 Å². The highest BCUT2D eigenvalue weighted by Crippen LogP contribution is 2.29. The lowest BCUT2D eigenvalue weighted by Crippen LogP contribution is -2.30. The van der Waals surface area contributed by atoms with Crippen molar-refractivity contribution >= 4 is 17.2 Å². The van der Waals surface area contributed by atoms with E-state index in [2.05, 4.69) is 10.3 Å². The van der Waals surface area contributed by atoms with Crippen LogP contribution >= 0.6 is 11.3 Å². The lowest BCUT2D eigenvalue weighted by molar-refractivity contribution is -0.137. The first-order chi connectivity index (χ1) is 13.6. The summed E-state index contributed by atoms with van der Waals surface area (Å²) in [5.74, 6) is -0.139. The molecule has 1 aromatic carbocycles. The highest BCUT2D eigenvalue weighted by atomic mass is 32.1. The summed E-state index contributed by atoms with van der Waals surface area (Å²) in [5.41, 5.74) is 3.95. The molecular weight excluding hydrogens is 399 g/mol. The summed E-state index contributed by atoms with van der Waals surface area (Å²) in [6.07, 6.45) is -3.87. The van der Waals surface area contributed by atoms with Crippen LogP contribution in [0.25, 0.3) is 11.3 Å². The lowest BCUT2D eigenvalue weighted by Gasteiger charge is -2.11. The van der Waals surface area contributed by atoms with E-state index in [1.54, 1.807) is 11.3 Å². The molecule has 8 heteroatoms. The number of amides is 1. The number of aryl methyl sites for hydroxylation is 2. The number of hydrogen-bond donors (Lipinski definition) is 1. The molecule has 3 aromatic rings.